The fourth-order valence-electron chi connectivity index (χ4n) is 1.33. The van der Waals surface area contributed by atoms with Gasteiger partial charge in [0.05, 0.1) is 6.33 Å². The molecule has 0 N–H and O–H groups in total. The average Bonchev–Trinajstić information content (AvgIpc) is 2.74. The Balaban J connectivity index is 2.06. The van der Waals surface area contributed by atoms with Crippen LogP contribution in [0, 0.1) is 0 Å². The molecule has 2 rings (SSSR count). The summed E-state index contributed by atoms with van der Waals surface area (Å²) in [5, 5.41) is 1.31. The first-order valence-electron chi connectivity index (χ1n) is 4.83. The van der Waals surface area contributed by atoms with E-state index in [9.17, 15) is 0 Å². The highest BCUT2D eigenvalue weighted by molar-refractivity contribution is 6.35. The molecule has 0 fully saturated rings. The van der Waals surface area contributed by atoms with Crippen LogP contribution in [0.25, 0.3) is 6.08 Å². The first-order chi connectivity index (χ1) is 7.75. The van der Waals surface area contributed by atoms with Crippen molar-refractivity contribution in [2.24, 2.45) is 0 Å². The maximum atomic E-state index is 6.04. The van der Waals surface area contributed by atoms with Gasteiger partial charge in [-0.3, -0.25) is 0 Å². The minimum atomic E-state index is 0.650. The molecule has 4 heteroatoms. The highest BCUT2D eigenvalue weighted by atomic mass is 35.5. The molecule has 0 saturated carbocycles. The number of imidazole rings is 1. The quantitative estimate of drug-likeness (QED) is 0.811. The fourth-order valence-corrected chi connectivity index (χ4v) is 1.80. The summed E-state index contributed by atoms with van der Waals surface area (Å²) in [6.07, 6.45) is 9.43. The molecule has 1 heterocycles. The highest BCUT2D eigenvalue weighted by Crippen LogP contribution is 2.21. The summed E-state index contributed by atoms with van der Waals surface area (Å²) in [5.41, 5.74) is 0.964. The van der Waals surface area contributed by atoms with Crippen LogP contribution in [0.5, 0.6) is 0 Å². The molecule has 16 heavy (non-hydrogen) atoms. The lowest BCUT2D eigenvalue weighted by atomic mass is 10.2. The van der Waals surface area contributed by atoms with E-state index in [1.165, 1.54) is 0 Å². The van der Waals surface area contributed by atoms with Crippen molar-refractivity contribution in [1.82, 2.24) is 9.55 Å². The standard InChI is InChI=1S/C12H10Cl2N2/c13-11-4-3-10(12(14)8-11)2-1-6-16-7-5-15-9-16/h1-5,7-9H,6H2. The Morgan fingerprint density at radius 1 is 1.31 bits per heavy atom. The van der Waals surface area contributed by atoms with Crippen molar-refractivity contribution in [3.05, 3.63) is 58.6 Å². The average molecular weight is 253 g/mol. The van der Waals surface area contributed by atoms with Crippen LogP contribution >= 0.6 is 23.2 Å². The summed E-state index contributed by atoms with van der Waals surface area (Å²) < 4.78 is 1.97. The zero-order valence-electron chi connectivity index (χ0n) is 8.48. The maximum absolute atomic E-state index is 6.04. The molecule has 0 unspecified atom stereocenters. The van der Waals surface area contributed by atoms with Crippen LogP contribution in [0.2, 0.25) is 10.0 Å². The van der Waals surface area contributed by atoms with E-state index >= 15 is 0 Å². The van der Waals surface area contributed by atoms with Crippen LogP contribution in [0.4, 0.5) is 0 Å². The topological polar surface area (TPSA) is 17.8 Å². The van der Waals surface area contributed by atoms with Gasteiger partial charge in [0.1, 0.15) is 0 Å². The summed E-state index contributed by atoms with van der Waals surface area (Å²) in [6.45, 7) is 0.777. The Morgan fingerprint density at radius 3 is 2.88 bits per heavy atom. The van der Waals surface area contributed by atoms with Crippen molar-refractivity contribution in [1.29, 1.82) is 0 Å². The van der Waals surface area contributed by atoms with Crippen LogP contribution in [0.15, 0.2) is 43.0 Å². The number of nitrogens with zero attached hydrogens (tertiary/aromatic N) is 2. The molecule has 82 valence electrons. The normalized spacial score (nSPS) is 11.1. The van der Waals surface area contributed by atoms with Crippen molar-refractivity contribution in [3.63, 3.8) is 0 Å². The second-order valence-electron chi connectivity index (χ2n) is 3.33. The Morgan fingerprint density at radius 2 is 2.19 bits per heavy atom. The predicted octanol–water partition coefficient (Wildman–Crippen LogP) is 3.90. The van der Waals surface area contributed by atoms with E-state index < -0.39 is 0 Å². The van der Waals surface area contributed by atoms with E-state index in [0.29, 0.717) is 10.0 Å². The van der Waals surface area contributed by atoms with Crippen LogP contribution in [-0.4, -0.2) is 9.55 Å². The third-order valence-electron chi connectivity index (χ3n) is 2.14. The molecule has 2 aromatic rings. The van der Waals surface area contributed by atoms with Crippen LogP contribution in [-0.2, 0) is 6.54 Å². The Bertz CT molecular complexity index is 490. The van der Waals surface area contributed by atoms with Gasteiger partial charge in [-0.05, 0) is 17.7 Å². The first kappa shape index (κ1) is 11.2. The van der Waals surface area contributed by atoms with Gasteiger partial charge in [-0.1, -0.05) is 41.4 Å². The van der Waals surface area contributed by atoms with Crippen LogP contribution < -0.4 is 0 Å². The van der Waals surface area contributed by atoms with E-state index in [0.717, 1.165) is 12.1 Å². The molecule has 2 nitrogen and oxygen atoms in total. The molecular formula is C12H10Cl2N2. The van der Waals surface area contributed by atoms with E-state index in [-0.39, 0.29) is 0 Å². The molecule has 0 aliphatic carbocycles. The lowest BCUT2D eigenvalue weighted by Gasteiger charge is -1.99. The van der Waals surface area contributed by atoms with E-state index in [4.69, 9.17) is 23.2 Å². The molecule has 0 amide bonds. The number of aromatic nitrogens is 2. The molecule has 0 atom stereocenters. The molecule has 1 aromatic carbocycles. The van der Waals surface area contributed by atoms with E-state index in [2.05, 4.69) is 4.98 Å². The van der Waals surface area contributed by atoms with Crippen LogP contribution in [0.1, 0.15) is 5.56 Å². The van der Waals surface area contributed by atoms with Crippen molar-refractivity contribution in [3.8, 4) is 0 Å². The number of halogens is 2. The van der Waals surface area contributed by atoms with Gasteiger partial charge < -0.3 is 4.57 Å². The minimum Gasteiger partial charge on any atom is -0.334 e. The van der Waals surface area contributed by atoms with Gasteiger partial charge >= 0.3 is 0 Å². The van der Waals surface area contributed by atoms with Gasteiger partial charge in [0, 0.05) is 29.0 Å². The SMILES string of the molecule is Clc1ccc(C=CCn2ccnc2)c(Cl)c1. The lowest BCUT2D eigenvalue weighted by molar-refractivity contribution is 0.823. The zero-order chi connectivity index (χ0) is 11.4. The smallest absolute Gasteiger partial charge is 0.0948 e. The van der Waals surface area contributed by atoms with Gasteiger partial charge in [-0.2, -0.15) is 0 Å². The summed E-state index contributed by atoms with van der Waals surface area (Å²) >= 11 is 11.8. The predicted molar refractivity (Wildman–Crippen MR) is 67.7 cm³/mol. The Hall–Kier alpha value is -1.25. The third-order valence-corrected chi connectivity index (χ3v) is 2.70. The number of hydrogen-bond donors (Lipinski definition) is 0. The summed E-state index contributed by atoms with van der Waals surface area (Å²) in [4.78, 5) is 3.96. The van der Waals surface area contributed by atoms with Gasteiger partial charge in [-0.25, -0.2) is 4.98 Å². The molecule has 0 radical (unpaired) electrons. The number of rotatable bonds is 3. The number of allylic oxidation sites excluding steroid dienone is 1. The van der Waals surface area contributed by atoms with E-state index in [1.54, 1.807) is 18.6 Å². The van der Waals surface area contributed by atoms with Gasteiger partial charge in [-0.15, -0.1) is 0 Å². The summed E-state index contributed by atoms with van der Waals surface area (Å²) in [6, 6.07) is 5.46. The molecule has 0 saturated heterocycles. The van der Waals surface area contributed by atoms with Crippen molar-refractivity contribution in [2.45, 2.75) is 6.54 Å². The summed E-state index contributed by atoms with van der Waals surface area (Å²) in [7, 11) is 0. The number of benzene rings is 1. The fraction of sp³-hybridized carbons (Fsp3) is 0.0833. The highest BCUT2D eigenvalue weighted by Gasteiger charge is 1.96. The number of hydrogen-bond acceptors (Lipinski definition) is 1. The molecular weight excluding hydrogens is 243 g/mol. The van der Waals surface area contributed by atoms with Gasteiger partial charge in [0.25, 0.3) is 0 Å². The lowest BCUT2D eigenvalue weighted by Crippen LogP contribution is -1.89. The largest absolute Gasteiger partial charge is 0.334 e. The van der Waals surface area contributed by atoms with Crippen molar-refractivity contribution >= 4 is 29.3 Å². The van der Waals surface area contributed by atoms with Gasteiger partial charge in [0.15, 0.2) is 0 Å². The summed E-state index contributed by atoms with van der Waals surface area (Å²) in [5.74, 6) is 0. The van der Waals surface area contributed by atoms with Crippen LogP contribution in [0.3, 0.4) is 0 Å². The minimum absolute atomic E-state index is 0.650. The van der Waals surface area contributed by atoms with Crippen molar-refractivity contribution in [2.75, 3.05) is 0 Å². The molecule has 0 bridgehead atoms. The second-order valence-corrected chi connectivity index (χ2v) is 4.17. The third kappa shape index (κ3) is 2.87. The Kier molecular flexibility index (Phi) is 3.65. The monoisotopic (exact) mass is 252 g/mol. The zero-order valence-corrected chi connectivity index (χ0v) is 9.99. The molecule has 0 aliphatic rings. The maximum Gasteiger partial charge on any atom is 0.0948 e. The Labute approximate surface area is 104 Å². The van der Waals surface area contributed by atoms with E-state index in [1.807, 2.05) is 35.0 Å². The molecule has 0 aliphatic heterocycles. The van der Waals surface area contributed by atoms with Crippen molar-refractivity contribution < 1.29 is 0 Å². The second kappa shape index (κ2) is 5.19. The molecule has 1 aromatic heterocycles. The van der Waals surface area contributed by atoms with Gasteiger partial charge in [0.2, 0.25) is 0 Å². The molecule has 0 spiro atoms. The first-order valence-corrected chi connectivity index (χ1v) is 5.58.